The fraction of sp³-hybridized carbons (Fsp3) is 1.00. The maximum atomic E-state index is 9.40. The second-order valence-corrected chi connectivity index (χ2v) is 9.02. The molecule has 0 radical (unpaired) electrons. The number of hydrogen-bond acceptors (Lipinski definition) is 4. The molecule has 4 nitrogen and oxygen atoms in total. The highest BCUT2D eigenvalue weighted by Crippen LogP contribution is 2.08. The molecule has 142 valence electrons. The molecule has 0 amide bonds. The Hall–Kier alpha value is 0.160. The first-order valence-corrected chi connectivity index (χ1v) is 11.8. The van der Waals surface area contributed by atoms with Crippen LogP contribution in [0.15, 0.2) is 0 Å². The standard InChI is InChI=1S/C16H35NO.CH3ClO2S/c1-2-3-4-12-15-18-16-13-10-8-6-5-7-9-11-14-17;1-5(2,3)4/h2-17H2,1H3;1H3. The van der Waals surface area contributed by atoms with Crippen LogP contribution in [-0.2, 0) is 13.8 Å². The predicted octanol–water partition coefficient (Wildman–Crippen LogP) is 4.85. The second kappa shape index (κ2) is 20.2. The van der Waals surface area contributed by atoms with Crippen molar-refractivity contribution in [3.05, 3.63) is 0 Å². The van der Waals surface area contributed by atoms with Crippen LogP contribution in [0.25, 0.3) is 0 Å². The van der Waals surface area contributed by atoms with Gasteiger partial charge < -0.3 is 10.5 Å². The van der Waals surface area contributed by atoms with Crippen molar-refractivity contribution in [2.45, 2.75) is 84.0 Å². The summed E-state index contributed by atoms with van der Waals surface area (Å²) in [6.07, 6.45) is 16.8. The molecular weight excluding hydrogens is 334 g/mol. The molecule has 0 aliphatic carbocycles. The zero-order valence-electron chi connectivity index (χ0n) is 15.2. The second-order valence-electron chi connectivity index (χ2n) is 5.97. The fourth-order valence-corrected chi connectivity index (χ4v) is 2.14. The Kier molecular flexibility index (Phi) is 22.3. The summed E-state index contributed by atoms with van der Waals surface area (Å²) in [5.41, 5.74) is 5.46. The third-order valence-electron chi connectivity index (χ3n) is 3.39. The van der Waals surface area contributed by atoms with E-state index in [9.17, 15) is 8.42 Å². The number of unbranched alkanes of at least 4 members (excludes halogenated alkanes) is 10. The largest absolute Gasteiger partial charge is 0.381 e. The third kappa shape index (κ3) is 39.2. The van der Waals surface area contributed by atoms with E-state index in [0.717, 1.165) is 26.0 Å². The van der Waals surface area contributed by atoms with Gasteiger partial charge in [0.2, 0.25) is 9.05 Å². The number of ether oxygens (including phenoxy) is 1. The minimum absolute atomic E-state index is 0.857. The number of rotatable bonds is 15. The summed E-state index contributed by atoms with van der Waals surface area (Å²) in [5, 5.41) is 0. The molecular formula is C17H38ClNO3S. The zero-order valence-corrected chi connectivity index (χ0v) is 16.8. The molecule has 0 saturated heterocycles. The zero-order chi connectivity index (χ0) is 17.8. The Labute approximate surface area is 148 Å². The molecule has 0 rings (SSSR count). The molecule has 0 aliphatic heterocycles. The molecule has 0 aromatic carbocycles. The van der Waals surface area contributed by atoms with Crippen molar-refractivity contribution in [3.8, 4) is 0 Å². The first-order chi connectivity index (χ1) is 10.9. The first kappa shape index (κ1) is 25.4. The van der Waals surface area contributed by atoms with Gasteiger partial charge in [0, 0.05) is 23.9 Å². The summed E-state index contributed by atoms with van der Waals surface area (Å²) < 4.78 is 24.4. The van der Waals surface area contributed by atoms with Crippen molar-refractivity contribution in [1.29, 1.82) is 0 Å². The van der Waals surface area contributed by atoms with Crippen LogP contribution in [-0.4, -0.2) is 34.4 Å². The highest BCUT2D eigenvalue weighted by Gasteiger charge is 1.93. The molecule has 0 atom stereocenters. The van der Waals surface area contributed by atoms with Gasteiger partial charge in [-0.1, -0.05) is 64.7 Å². The van der Waals surface area contributed by atoms with Gasteiger partial charge in [0.15, 0.2) is 0 Å². The highest BCUT2D eigenvalue weighted by molar-refractivity contribution is 8.13. The number of halogens is 1. The lowest BCUT2D eigenvalue weighted by molar-refractivity contribution is 0.125. The Morgan fingerprint density at radius 2 is 1.13 bits per heavy atom. The molecule has 6 heteroatoms. The van der Waals surface area contributed by atoms with Gasteiger partial charge in [-0.15, -0.1) is 0 Å². The molecule has 0 heterocycles. The summed E-state index contributed by atoms with van der Waals surface area (Å²) >= 11 is 0. The van der Waals surface area contributed by atoms with Crippen molar-refractivity contribution in [1.82, 2.24) is 0 Å². The predicted molar refractivity (Wildman–Crippen MR) is 102 cm³/mol. The van der Waals surface area contributed by atoms with Crippen molar-refractivity contribution >= 4 is 19.7 Å². The van der Waals surface area contributed by atoms with Crippen LogP contribution in [0, 0.1) is 0 Å². The lowest BCUT2D eigenvalue weighted by atomic mass is 10.1. The maximum absolute atomic E-state index is 9.40. The SMILES string of the molecule is CCCCCCOCCCCCCCCCCN.CS(=O)(=O)Cl. The molecule has 2 N–H and O–H groups in total. The van der Waals surface area contributed by atoms with E-state index in [1.54, 1.807) is 0 Å². The fourth-order valence-electron chi connectivity index (χ4n) is 2.14. The molecule has 0 saturated carbocycles. The summed E-state index contributed by atoms with van der Waals surface area (Å²) in [6, 6.07) is 0. The number of nitrogens with two attached hydrogens (primary N) is 1. The monoisotopic (exact) mass is 371 g/mol. The molecule has 0 spiro atoms. The normalized spacial score (nSPS) is 11.1. The lowest BCUT2D eigenvalue weighted by Crippen LogP contribution is -1.98. The van der Waals surface area contributed by atoms with Crippen LogP contribution >= 0.6 is 10.7 Å². The Morgan fingerprint density at radius 3 is 1.52 bits per heavy atom. The van der Waals surface area contributed by atoms with Gasteiger partial charge in [-0.05, 0) is 25.8 Å². The van der Waals surface area contributed by atoms with E-state index in [-0.39, 0.29) is 0 Å². The minimum Gasteiger partial charge on any atom is -0.381 e. The van der Waals surface area contributed by atoms with Crippen molar-refractivity contribution in [2.75, 3.05) is 26.0 Å². The van der Waals surface area contributed by atoms with E-state index in [1.165, 1.54) is 77.0 Å². The maximum Gasteiger partial charge on any atom is 0.229 e. The molecule has 0 aromatic heterocycles. The molecule has 0 fully saturated rings. The Bertz CT molecular complexity index is 287. The van der Waals surface area contributed by atoms with Crippen LogP contribution in [0.5, 0.6) is 0 Å². The average Bonchev–Trinajstić information content (AvgIpc) is 2.46. The van der Waals surface area contributed by atoms with E-state index in [0.29, 0.717) is 0 Å². The van der Waals surface area contributed by atoms with Crippen LogP contribution in [0.3, 0.4) is 0 Å². The van der Waals surface area contributed by atoms with E-state index >= 15 is 0 Å². The van der Waals surface area contributed by atoms with Gasteiger partial charge >= 0.3 is 0 Å². The third-order valence-corrected chi connectivity index (χ3v) is 3.39. The molecule has 23 heavy (non-hydrogen) atoms. The molecule has 0 unspecified atom stereocenters. The topological polar surface area (TPSA) is 69.4 Å². The smallest absolute Gasteiger partial charge is 0.229 e. The van der Waals surface area contributed by atoms with Gasteiger partial charge in [-0.25, -0.2) is 8.42 Å². The van der Waals surface area contributed by atoms with E-state index in [2.05, 4.69) is 17.6 Å². The van der Waals surface area contributed by atoms with Crippen molar-refractivity contribution in [3.63, 3.8) is 0 Å². The average molecular weight is 372 g/mol. The van der Waals surface area contributed by atoms with Gasteiger partial charge in [-0.2, -0.15) is 0 Å². The number of hydrogen-bond donors (Lipinski definition) is 1. The van der Waals surface area contributed by atoms with E-state index in [1.807, 2.05) is 0 Å². The van der Waals surface area contributed by atoms with Gasteiger partial charge in [0.05, 0.1) is 6.26 Å². The van der Waals surface area contributed by atoms with Gasteiger partial charge in [0.1, 0.15) is 0 Å². The quantitative estimate of drug-likeness (QED) is 0.330. The van der Waals surface area contributed by atoms with Gasteiger partial charge in [-0.3, -0.25) is 0 Å². The summed E-state index contributed by atoms with van der Waals surface area (Å²) in [7, 11) is 1.31. The minimum atomic E-state index is -3.19. The summed E-state index contributed by atoms with van der Waals surface area (Å²) in [6.45, 7) is 5.05. The van der Waals surface area contributed by atoms with Crippen LogP contribution in [0.4, 0.5) is 0 Å². The lowest BCUT2D eigenvalue weighted by Gasteiger charge is -2.04. The highest BCUT2D eigenvalue weighted by atomic mass is 35.7. The van der Waals surface area contributed by atoms with E-state index in [4.69, 9.17) is 10.5 Å². The van der Waals surface area contributed by atoms with Crippen molar-refractivity contribution < 1.29 is 13.2 Å². The van der Waals surface area contributed by atoms with Gasteiger partial charge in [0.25, 0.3) is 0 Å². The van der Waals surface area contributed by atoms with Crippen molar-refractivity contribution in [2.24, 2.45) is 5.73 Å². The Balaban J connectivity index is 0. The van der Waals surface area contributed by atoms with Crippen LogP contribution in [0.2, 0.25) is 0 Å². The first-order valence-electron chi connectivity index (χ1n) is 9.09. The summed E-state index contributed by atoms with van der Waals surface area (Å²) in [5.74, 6) is 0. The van der Waals surface area contributed by atoms with E-state index < -0.39 is 9.05 Å². The van der Waals surface area contributed by atoms with Crippen LogP contribution < -0.4 is 5.73 Å². The van der Waals surface area contributed by atoms with Crippen LogP contribution in [0.1, 0.15) is 84.0 Å². The molecule has 0 bridgehead atoms. The Morgan fingerprint density at radius 1 is 0.783 bits per heavy atom. The molecule has 0 aliphatic rings. The molecule has 0 aromatic rings. The summed E-state index contributed by atoms with van der Waals surface area (Å²) in [4.78, 5) is 0.